The van der Waals surface area contributed by atoms with Crippen LogP contribution in [0, 0.1) is 6.92 Å². The van der Waals surface area contributed by atoms with Gasteiger partial charge in [0.2, 0.25) is 0 Å². The van der Waals surface area contributed by atoms with E-state index in [4.69, 9.17) is 5.11 Å². The Morgan fingerprint density at radius 3 is 2.85 bits per heavy atom. The Morgan fingerprint density at radius 1 is 1.45 bits per heavy atom. The van der Waals surface area contributed by atoms with Crippen molar-refractivity contribution in [1.29, 1.82) is 0 Å². The summed E-state index contributed by atoms with van der Waals surface area (Å²) in [6.45, 7) is 2.68. The quantitative estimate of drug-likeness (QED) is 0.841. The summed E-state index contributed by atoms with van der Waals surface area (Å²) < 4.78 is 0.971. The van der Waals surface area contributed by atoms with Crippen LogP contribution in [0.4, 0.5) is 0 Å². The molecule has 0 atom stereocenters. The van der Waals surface area contributed by atoms with Gasteiger partial charge in [0.25, 0.3) is 0 Å². The number of aliphatic carboxylic acids is 1. The molecule has 0 bridgehead atoms. The minimum absolute atomic E-state index is 0.0555. The highest BCUT2D eigenvalue weighted by Crippen LogP contribution is 2.14. The first-order valence-corrected chi connectivity index (χ1v) is 6.88. The zero-order valence-corrected chi connectivity index (χ0v) is 12.6. The molecular formula is C13H15BrN4O2. The summed E-state index contributed by atoms with van der Waals surface area (Å²) in [5, 5.41) is 15.8. The Labute approximate surface area is 125 Å². The number of H-pyrrole nitrogens is 1. The molecule has 0 saturated carbocycles. The number of carboxylic acids is 1. The second kappa shape index (κ2) is 6.62. The van der Waals surface area contributed by atoms with Crippen molar-refractivity contribution >= 4 is 21.9 Å². The lowest BCUT2D eigenvalue weighted by atomic mass is 10.2. The highest BCUT2D eigenvalue weighted by molar-refractivity contribution is 9.10. The van der Waals surface area contributed by atoms with Crippen molar-refractivity contribution < 1.29 is 9.90 Å². The summed E-state index contributed by atoms with van der Waals surface area (Å²) in [4.78, 5) is 17.0. The molecule has 0 spiro atoms. The molecule has 0 aliphatic rings. The standard InChI is InChI=1S/C13H15BrN4O2/c1-9-15-12(17-16-9)7-18(8-13(19)20)6-10-3-2-4-11(14)5-10/h2-5H,6-8H2,1H3,(H,19,20)(H,15,16,17). The first-order chi connectivity index (χ1) is 9.52. The summed E-state index contributed by atoms with van der Waals surface area (Å²) in [5.74, 6) is 0.448. The predicted molar refractivity (Wildman–Crippen MR) is 77.0 cm³/mol. The Bertz CT molecular complexity index is 600. The van der Waals surface area contributed by atoms with Crippen LogP contribution in [0.25, 0.3) is 0 Å². The molecule has 7 heteroatoms. The number of carbonyl (C=O) groups is 1. The number of nitrogens with one attached hydrogen (secondary N) is 1. The first-order valence-electron chi connectivity index (χ1n) is 6.09. The molecular weight excluding hydrogens is 324 g/mol. The van der Waals surface area contributed by atoms with E-state index >= 15 is 0 Å². The van der Waals surface area contributed by atoms with E-state index in [1.807, 2.05) is 31.2 Å². The number of rotatable bonds is 6. The molecule has 106 valence electrons. The van der Waals surface area contributed by atoms with Crippen molar-refractivity contribution in [1.82, 2.24) is 20.1 Å². The fourth-order valence-corrected chi connectivity index (χ4v) is 2.36. The van der Waals surface area contributed by atoms with Crippen molar-refractivity contribution in [3.63, 3.8) is 0 Å². The summed E-state index contributed by atoms with van der Waals surface area (Å²) in [6.07, 6.45) is 0. The van der Waals surface area contributed by atoms with Crippen molar-refractivity contribution in [2.24, 2.45) is 0 Å². The van der Waals surface area contributed by atoms with Gasteiger partial charge in [-0.25, -0.2) is 4.98 Å². The number of benzene rings is 1. The van der Waals surface area contributed by atoms with E-state index in [1.54, 1.807) is 4.90 Å². The molecule has 6 nitrogen and oxygen atoms in total. The van der Waals surface area contributed by atoms with E-state index in [9.17, 15) is 4.79 Å². The van der Waals surface area contributed by atoms with Crippen LogP contribution in [0.5, 0.6) is 0 Å². The Hall–Kier alpha value is -1.73. The second-order valence-corrected chi connectivity index (χ2v) is 5.42. The van der Waals surface area contributed by atoms with E-state index in [2.05, 4.69) is 31.1 Å². The monoisotopic (exact) mass is 338 g/mol. The van der Waals surface area contributed by atoms with Crippen LogP contribution in [0.1, 0.15) is 17.2 Å². The maximum Gasteiger partial charge on any atom is 0.317 e. The van der Waals surface area contributed by atoms with Gasteiger partial charge >= 0.3 is 5.97 Å². The largest absolute Gasteiger partial charge is 0.480 e. The number of halogens is 1. The molecule has 0 aliphatic heterocycles. The maximum absolute atomic E-state index is 11.0. The van der Waals surface area contributed by atoms with Gasteiger partial charge in [-0.3, -0.25) is 14.8 Å². The number of nitrogens with zero attached hydrogens (tertiary/aromatic N) is 3. The third kappa shape index (κ3) is 4.43. The number of aromatic amines is 1. The third-order valence-corrected chi connectivity index (χ3v) is 3.16. The Morgan fingerprint density at radius 2 is 2.25 bits per heavy atom. The van der Waals surface area contributed by atoms with Crippen molar-refractivity contribution in [2.75, 3.05) is 6.54 Å². The molecule has 0 amide bonds. The van der Waals surface area contributed by atoms with Crippen LogP contribution in [0.15, 0.2) is 28.7 Å². The molecule has 2 aromatic rings. The molecule has 2 N–H and O–H groups in total. The van der Waals surface area contributed by atoms with Gasteiger partial charge in [-0.2, -0.15) is 5.10 Å². The molecule has 0 unspecified atom stereocenters. The fraction of sp³-hybridized carbons (Fsp3) is 0.308. The smallest absolute Gasteiger partial charge is 0.317 e. The number of aryl methyl sites for hydroxylation is 1. The zero-order valence-electron chi connectivity index (χ0n) is 11.0. The summed E-state index contributed by atoms with van der Waals surface area (Å²) >= 11 is 3.41. The van der Waals surface area contributed by atoms with E-state index < -0.39 is 5.97 Å². The minimum atomic E-state index is -0.868. The van der Waals surface area contributed by atoms with Crippen LogP contribution < -0.4 is 0 Å². The number of carboxylic acid groups (broad SMARTS) is 1. The topological polar surface area (TPSA) is 82.1 Å². The lowest BCUT2D eigenvalue weighted by Gasteiger charge is -2.18. The molecule has 1 heterocycles. The molecule has 2 rings (SSSR count). The number of hydrogen-bond acceptors (Lipinski definition) is 4. The van der Waals surface area contributed by atoms with Crippen molar-refractivity contribution in [3.05, 3.63) is 46.0 Å². The first kappa shape index (κ1) is 14.7. The molecule has 1 aromatic carbocycles. The molecule has 20 heavy (non-hydrogen) atoms. The molecule has 0 fully saturated rings. The van der Waals surface area contributed by atoms with Gasteiger partial charge in [0, 0.05) is 11.0 Å². The second-order valence-electron chi connectivity index (χ2n) is 4.51. The predicted octanol–water partition coefficient (Wildman–Crippen LogP) is 1.96. The van der Waals surface area contributed by atoms with Crippen LogP contribution in [0.3, 0.4) is 0 Å². The lowest BCUT2D eigenvalue weighted by Crippen LogP contribution is -2.29. The maximum atomic E-state index is 11.0. The van der Waals surface area contributed by atoms with Crippen molar-refractivity contribution in [3.8, 4) is 0 Å². The van der Waals surface area contributed by atoms with E-state index in [-0.39, 0.29) is 6.54 Å². The fourth-order valence-electron chi connectivity index (χ4n) is 1.91. The van der Waals surface area contributed by atoms with Crippen LogP contribution in [-0.4, -0.2) is 37.7 Å². The van der Waals surface area contributed by atoms with Crippen LogP contribution in [0.2, 0.25) is 0 Å². The van der Waals surface area contributed by atoms with Gasteiger partial charge in [-0.15, -0.1) is 0 Å². The van der Waals surface area contributed by atoms with Crippen LogP contribution in [-0.2, 0) is 17.9 Å². The van der Waals surface area contributed by atoms with Crippen LogP contribution >= 0.6 is 15.9 Å². The van der Waals surface area contributed by atoms with E-state index in [1.165, 1.54) is 0 Å². The Kier molecular flexibility index (Phi) is 4.86. The van der Waals surface area contributed by atoms with E-state index in [0.29, 0.717) is 18.9 Å². The summed E-state index contributed by atoms with van der Waals surface area (Å²) in [6, 6.07) is 7.79. The average Bonchev–Trinajstić information content (AvgIpc) is 2.73. The van der Waals surface area contributed by atoms with Crippen molar-refractivity contribution in [2.45, 2.75) is 20.0 Å². The highest BCUT2D eigenvalue weighted by Gasteiger charge is 2.13. The van der Waals surface area contributed by atoms with Gasteiger partial charge < -0.3 is 5.11 Å². The highest BCUT2D eigenvalue weighted by atomic mass is 79.9. The van der Waals surface area contributed by atoms with Gasteiger partial charge in [0.15, 0.2) is 5.82 Å². The number of hydrogen-bond donors (Lipinski definition) is 2. The SMILES string of the molecule is Cc1nc(CN(CC(=O)O)Cc2cccc(Br)c2)n[nH]1. The summed E-state index contributed by atoms with van der Waals surface area (Å²) in [7, 11) is 0. The molecule has 1 aromatic heterocycles. The lowest BCUT2D eigenvalue weighted by molar-refractivity contribution is -0.138. The number of aromatic nitrogens is 3. The van der Waals surface area contributed by atoms with E-state index in [0.717, 1.165) is 15.9 Å². The molecule has 0 saturated heterocycles. The zero-order chi connectivity index (χ0) is 14.5. The Balaban J connectivity index is 2.09. The molecule has 0 aliphatic carbocycles. The minimum Gasteiger partial charge on any atom is -0.480 e. The van der Waals surface area contributed by atoms with Gasteiger partial charge in [-0.1, -0.05) is 28.1 Å². The summed E-state index contributed by atoms with van der Waals surface area (Å²) in [5.41, 5.74) is 1.04. The molecule has 0 radical (unpaired) electrons. The van der Waals surface area contributed by atoms with Gasteiger partial charge in [0.05, 0.1) is 13.1 Å². The van der Waals surface area contributed by atoms with Gasteiger partial charge in [0.1, 0.15) is 5.82 Å². The third-order valence-electron chi connectivity index (χ3n) is 2.66. The average molecular weight is 339 g/mol. The normalized spacial score (nSPS) is 10.9. The van der Waals surface area contributed by atoms with Gasteiger partial charge in [-0.05, 0) is 24.6 Å².